The van der Waals surface area contributed by atoms with Crippen LogP contribution in [0.5, 0.6) is 0 Å². The first-order valence-corrected chi connectivity index (χ1v) is 9.99. The van der Waals surface area contributed by atoms with Crippen molar-refractivity contribution in [1.29, 1.82) is 0 Å². The number of hydrogen-bond donors (Lipinski definition) is 2. The molecule has 0 radical (unpaired) electrons. The molecule has 0 bridgehead atoms. The van der Waals surface area contributed by atoms with E-state index in [2.05, 4.69) is 17.6 Å². The van der Waals surface area contributed by atoms with Crippen molar-refractivity contribution < 1.29 is 19.1 Å². The number of hydrogen-bond acceptors (Lipinski definition) is 5. The smallest absolute Gasteiger partial charge is 0.308 e. The van der Waals surface area contributed by atoms with Crippen molar-refractivity contribution in [3.63, 3.8) is 0 Å². The van der Waals surface area contributed by atoms with E-state index in [0.29, 0.717) is 19.5 Å². The van der Waals surface area contributed by atoms with E-state index >= 15 is 0 Å². The van der Waals surface area contributed by atoms with Gasteiger partial charge in [0.25, 0.3) is 0 Å². The monoisotopic (exact) mass is 405 g/mol. The van der Waals surface area contributed by atoms with Crippen LogP contribution in [0.2, 0.25) is 0 Å². The first kappa shape index (κ1) is 21.8. The van der Waals surface area contributed by atoms with E-state index in [9.17, 15) is 14.4 Å². The average molecular weight is 406 g/mol. The number of nitrogens with one attached hydrogen (secondary N) is 2. The molecule has 0 unspecified atom stereocenters. The van der Waals surface area contributed by atoms with E-state index in [1.807, 2.05) is 30.3 Å². The second kappa shape index (κ2) is 11.4. The Morgan fingerprint density at radius 1 is 1.29 bits per heavy atom. The third-order valence-electron chi connectivity index (χ3n) is 4.45. The number of carbonyl (C=O) groups excluding carboxylic acids is 3. The van der Waals surface area contributed by atoms with Crippen molar-refractivity contribution in [2.45, 2.75) is 51.7 Å². The van der Waals surface area contributed by atoms with Crippen molar-refractivity contribution in [1.82, 2.24) is 15.5 Å². The van der Waals surface area contributed by atoms with E-state index in [-0.39, 0.29) is 30.0 Å². The zero-order valence-electron chi connectivity index (χ0n) is 16.1. The van der Waals surface area contributed by atoms with Gasteiger partial charge < -0.3 is 20.3 Å². The molecular weight excluding hydrogens is 378 g/mol. The minimum Gasteiger partial charge on any atom is -0.461 e. The highest BCUT2D eigenvalue weighted by molar-refractivity contribution is 7.80. The highest BCUT2D eigenvalue weighted by Crippen LogP contribution is 2.12. The van der Waals surface area contributed by atoms with Crippen LogP contribution in [0.3, 0.4) is 0 Å². The van der Waals surface area contributed by atoms with Crippen LogP contribution in [0.1, 0.15) is 44.6 Å². The fraction of sp³-hybridized carbons (Fsp3) is 0.500. The second-order valence-electron chi connectivity index (χ2n) is 6.66. The van der Waals surface area contributed by atoms with Gasteiger partial charge in [-0.3, -0.25) is 14.4 Å². The van der Waals surface area contributed by atoms with Crippen molar-refractivity contribution in [3.05, 3.63) is 35.9 Å². The number of piperazine rings is 1. The van der Waals surface area contributed by atoms with Gasteiger partial charge in [0, 0.05) is 19.5 Å². The van der Waals surface area contributed by atoms with Gasteiger partial charge in [-0.1, -0.05) is 50.1 Å². The molecule has 1 aliphatic heterocycles. The molecule has 1 saturated heterocycles. The van der Waals surface area contributed by atoms with Crippen LogP contribution in [0, 0.1) is 0 Å². The lowest BCUT2D eigenvalue weighted by atomic mass is 10.1. The van der Waals surface area contributed by atoms with Gasteiger partial charge in [0.1, 0.15) is 12.6 Å². The van der Waals surface area contributed by atoms with Gasteiger partial charge in [-0.15, -0.1) is 0 Å². The minimum atomic E-state index is -0.791. The summed E-state index contributed by atoms with van der Waals surface area (Å²) >= 11 is 5.31. The fourth-order valence-corrected chi connectivity index (χ4v) is 3.24. The third-order valence-corrected chi connectivity index (χ3v) is 4.78. The Bertz CT molecular complexity index is 696. The van der Waals surface area contributed by atoms with E-state index < -0.39 is 12.0 Å². The van der Waals surface area contributed by atoms with Gasteiger partial charge in [0.15, 0.2) is 5.11 Å². The number of esters is 1. The van der Waals surface area contributed by atoms with Gasteiger partial charge in [-0.2, -0.15) is 0 Å². The summed E-state index contributed by atoms with van der Waals surface area (Å²) < 4.78 is 5.28. The molecule has 2 N–H and O–H groups in total. The number of unbranched alkanes of at least 4 members (excludes halogenated alkanes) is 2. The maximum absolute atomic E-state index is 12.3. The predicted molar refractivity (Wildman–Crippen MR) is 109 cm³/mol. The van der Waals surface area contributed by atoms with Crippen LogP contribution in [0.15, 0.2) is 30.3 Å². The summed E-state index contributed by atoms with van der Waals surface area (Å²) in [5, 5.41) is 5.59. The van der Waals surface area contributed by atoms with Gasteiger partial charge in [0.05, 0.1) is 6.42 Å². The molecule has 8 heteroatoms. The standard InChI is InChI=1S/C20H27N3O4S/c1-2-3-5-10-17(24)22-20(28)23-12-11-21-19(26)16(23)13-18(25)27-14-15-8-6-4-7-9-15/h4,6-9,16H,2-3,5,10-14H2,1H3,(H,21,26)(H,22,24,28)/t16-/m1/s1. The van der Waals surface area contributed by atoms with Crippen molar-refractivity contribution in [3.8, 4) is 0 Å². The molecule has 152 valence electrons. The summed E-state index contributed by atoms with van der Waals surface area (Å²) in [7, 11) is 0. The van der Waals surface area contributed by atoms with Crippen LogP contribution in [-0.2, 0) is 25.7 Å². The van der Waals surface area contributed by atoms with Crippen molar-refractivity contribution in [2.75, 3.05) is 13.1 Å². The number of thiocarbonyl (C=S) groups is 1. The first-order chi connectivity index (χ1) is 13.5. The van der Waals surface area contributed by atoms with Crippen LogP contribution in [0.25, 0.3) is 0 Å². The lowest BCUT2D eigenvalue weighted by molar-refractivity contribution is -0.148. The molecule has 1 aromatic rings. The van der Waals surface area contributed by atoms with E-state index in [1.54, 1.807) is 4.90 Å². The molecule has 7 nitrogen and oxygen atoms in total. The van der Waals surface area contributed by atoms with Crippen LogP contribution >= 0.6 is 12.2 Å². The van der Waals surface area contributed by atoms with Crippen LogP contribution < -0.4 is 10.6 Å². The zero-order chi connectivity index (χ0) is 20.4. The van der Waals surface area contributed by atoms with E-state index in [0.717, 1.165) is 24.8 Å². The average Bonchev–Trinajstić information content (AvgIpc) is 2.69. The molecule has 2 amide bonds. The molecule has 0 aliphatic carbocycles. The third kappa shape index (κ3) is 6.92. The summed E-state index contributed by atoms with van der Waals surface area (Å²) in [6.45, 7) is 3.04. The second-order valence-corrected chi connectivity index (χ2v) is 7.05. The molecule has 0 aromatic heterocycles. The molecule has 1 atom stereocenters. The number of carbonyl (C=O) groups is 3. The maximum atomic E-state index is 12.3. The van der Waals surface area contributed by atoms with E-state index in [4.69, 9.17) is 17.0 Å². The number of nitrogens with zero attached hydrogens (tertiary/aromatic N) is 1. The summed E-state index contributed by atoms with van der Waals surface area (Å²) in [6, 6.07) is 8.53. The number of ether oxygens (including phenoxy) is 1. The molecule has 1 fully saturated rings. The Kier molecular flexibility index (Phi) is 8.87. The van der Waals surface area contributed by atoms with Crippen molar-refractivity contribution in [2.24, 2.45) is 0 Å². The van der Waals surface area contributed by atoms with Gasteiger partial charge in [-0.05, 0) is 24.2 Å². The molecule has 2 rings (SSSR count). The fourth-order valence-electron chi connectivity index (χ4n) is 2.90. The topological polar surface area (TPSA) is 87.7 Å². The Morgan fingerprint density at radius 3 is 2.75 bits per heavy atom. The largest absolute Gasteiger partial charge is 0.461 e. The SMILES string of the molecule is CCCCCC(=O)NC(=S)N1CCNC(=O)[C@H]1CC(=O)OCc1ccccc1. The predicted octanol–water partition coefficient (Wildman–Crippen LogP) is 1.90. The highest BCUT2D eigenvalue weighted by Gasteiger charge is 2.34. The van der Waals surface area contributed by atoms with E-state index in [1.165, 1.54) is 0 Å². The molecular formula is C20H27N3O4S. The summed E-state index contributed by atoms with van der Waals surface area (Å²) in [5.41, 5.74) is 0.871. The van der Waals surface area contributed by atoms with Gasteiger partial charge in [-0.25, -0.2) is 0 Å². The lowest BCUT2D eigenvalue weighted by Gasteiger charge is -2.36. The minimum absolute atomic E-state index is 0.134. The zero-order valence-corrected chi connectivity index (χ0v) is 16.9. The molecule has 1 aromatic carbocycles. The normalized spacial score (nSPS) is 16.2. The lowest BCUT2D eigenvalue weighted by Crippen LogP contribution is -2.60. The summed E-state index contributed by atoms with van der Waals surface area (Å²) in [5.74, 6) is -0.965. The Balaban J connectivity index is 1.89. The number of benzene rings is 1. The Hall–Kier alpha value is -2.48. The maximum Gasteiger partial charge on any atom is 0.308 e. The molecule has 0 saturated carbocycles. The summed E-state index contributed by atoms with van der Waals surface area (Å²) in [6.07, 6.45) is 3.04. The highest BCUT2D eigenvalue weighted by atomic mass is 32.1. The molecule has 28 heavy (non-hydrogen) atoms. The Morgan fingerprint density at radius 2 is 2.04 bits per heavy atom. The molecule has 1 aliphatic rings. The Labute approximate surface area is 170 Å². The van der Waals surface area contributed by atoms with Gasteiger partial charge >= 0.3 is 5.97 Å². The molecule has 1 heterocycles. The molecule has 0 spiro atoms. The van der Waals surface area contributed by atoms with Crippen molar-refractivity contribution >= 4 is 35.1 Å². The quantitative estimate of drug-likeness (QED) is 0.390. The van der Waals surface area contributed by atoms with Crippen LogP contribution in [0.4, 0.5) is 0 Å². The number of amides is 2. The van der Waals surface area contributed by atoms with Gasteiger partial charge in [0.2, 0.25) is 11.8 Å². The first-order valence-electron chi connectivity index (χ1n) is 9.59. The van der Waals surface area contributed by atoms with Crippen LogP contribution in [-0.4, -0.2) is 46.9 Å². The summed E-state index contributed by atoms with van der Waals surface area (Å²) in [4.78, 5) is 38.1. The number of rotatable bonds is 8.